The van der Waals surface area contributed by atoms with Crippen LogP contribution < -0.4 is 11.5 Å². The molecular weight excluding hydrogens is 339 g/mol. The highest BCUT2D eigenvalue weighted by Gasteiger charge is 2.59. The van der Waals surface area contributed by atoms with Crippen LogP contribution in [0.15, 0.2) is 0 Å². The Balaban J connectivity index is 0.000000130. The van der Waals surface area contributed by atoms with Crippen molar-refractivity contribution >= 4 is 24.8 Å². The van der Waals surface area contributed by atoms with Gasteiger partial charge in [0.25, 0.3) is 0 Å². The molecule has 4 heteroatoms. The van der Waals surface area contributed by atoms with E-state index in [-0.39, 0.29) is 24.8 Å². The Labute approximate surface area is 160 Å². The van der Waals surface area contributed by atoms with E-state index in [1.807, 2.05) is 0 Å². The van der Waals surface area contributed by atoms with Gasteiger partial charge in [-0.05, 0) is 98.7 Å². The molecule has 2 nitrogen and oxygen atoms in total. The van der Waals surface area contributed by atoms with Crippen molar-refractivity contribution in [3.63, 3.8) is 0 Å². The SMILES string of the molecule is Cl.Cl.N[C@@H]1[C@@H]2CC[C@@H](C2)C12CCC2.N[C@H]1[C@H]2CC[C@H](C2)C12CCC2. The molecule has 0 amide bonds. The smallest absolute Gasteiger partial charge is 0.0127 e. The Morgan fingerprint density at radius 2 is 0.958 bits per heavy atom. The number of fused-ring (bicyclic) bond motifs is 6. The summed E-state index contributed by atoms with van der Waals surface area (Å²) in [5.74, 6) is 3.91. The van der Waals surface area contributed by atoms with Crippen LogP contribution in [0.5, 0.6) is 0 Å². The average Bonchev–Trinajstić information content (AvgIpc) is 3.14. The lowest BCUT2D eigenvalue weighted by Gasteiger charge is -2.49. The van der Waals surface area contributed by atoms with E-state index in [4.69, 9.17) is 11.5 Å². The first-order valence-corrected chi connectivity index (χ1v) is 10.2. The van der Waals surface area contributed by atoms with E-state index >= 15 is 0 Å². The minimum absolute atomic E-state index is 0. The molecule has 6 aliphatic rings. The molecule has 0 aromatic carbocycles. The van der Waals surface area contributed by atoms with Gasteiger partial charge in [0, 0.05) is 12.1 Å². The van der Waals surface area contributed by atoms with Crippen molar-refractivity contribution in [2.75, 3.05) is 0 Å². The van der Waals surface area contributed by atoms with Crippen molar-refractivity contribution in [3.8, 4) is 0 Å². The second-order valence-corrected chi connectivity index (χ2v) is 9.77. The number of hydrogen-bond donors (Lipinski definition) is 2. The Bertz CT molecular complexity index is 411. The zero-order valence-electron chi connectivity index (χ0n) is 14.9. The minimum Gasteiger partial charge on any atom is -0.327 e. The van der Waals surface area contributed by atoms with E-state index in [0.717, 1.165) is 23.7 Å². The summed E-state index contributed by atoms with van der Waals surface area (Å²) in [4.78, 5) is 0. The monoisotopic (exact) mass is 374 g/mol. The van der Waals surface area contributed by atoms with Crippen LogP contribution in [0.25, 0.3) is 0 Å². The Morgan fingerprint density at radius 3 is 1.12 bits per heavy atom. The molecule has 140 valence electrons. The van der Waals surface area contributed by atoms with Gasteiger partial charge in [-0.2, -0.15) is 0 Å². The summed E-state index contributed by atoms with van der Waals surface area (Å²) < 4.78 is 0. The third-order valence-electron chi connectivity index (χ3n) is 9.48. The van der Waals surface area contributed by atoms with E-state index in [1.54, 1.807) is 0 Å². The molecule has 6 saturated carbocycles. The Kier molecular flexibility index (Phi) is 5.29. The summed E-state index contributed by atoms with van der Waals surface area (Å²) in [5.41, 5.74) is 13.9. The van der Waals surface area contributed by atoms with Gasteiger partial charge in [-0.25, -0.2) is 0 Å². The molecule has 0 radical (unpaired) electrons. The topological polar surface area (TPSA) is 52.0 Å². The van der Waals surface area contributed by atoms with Crippen LogP contribution >= 0.6 is 24.8 Å². The van der Waals surface area contributed by atoms with Crippen molar-refractivity contribution in [2.45, 2.75) is 89.1 Å². The maximum absolute atomic E-state index is 6.26. The fraction of sp³-hybridized carbons (Fsp3) is 1.00. The third kappa shape index (κ3) is 2.35. The Morgan fingerprint density at radius 1 is 0.583 bits per heavy atom. The molecule has 6 rings (SSSR count). The van der Waals surface area contributed by atoms with Crippen LogP contribution in [0, 0.1) is 34.5 Å². The molecule has 0 aliphatic heterocycles. The molecule has 6 aliphatic carbocycles. The van der Waals surface area contributed by atoms with Gasteiger partial charge < -0.3 is 11.5 Å². The van der Waals surface area contributed by atoms with Crippen LogP contribution in [0.3, 0.4) is 0 Å². The zero-order chi connectivity index (χ0) is 14.9. The maximum Gasteiger partial charge on any atom is 0.0127 e. The van der Waals surface area contributed by atoms with Crippen LogP contribution in [0.4, 0.5) is 0 Å². The molecule has 0 heterocycles. The van der Waals surface area contributed by atoms with E-state index < -0.39 is 0 Å². The second kappa shape index (κ2) is 6.59. The van der Waals surface area contributed by atoms with Crippen LogP contribution in [0.2, 0.25) is 0 Å². The van der Waals surface area contributed by atoms with Crippen molar-refractivity contribution in [2.24, 2.45) is 46.0 Å². The van der Waals surface area contributed by atoms with Gasteiger partial charge in [0.15, 0.2) is 0 Å². The molecule has 0 saturated heterocycles. The highest BCUT2D eigenvalue weighted by atomic mass is 35.5. The summed E-state index contributed by atoms with van der Waals surface area (Å²) in [6.07, 6.45) is 17.5. The first-order chi connectivity index (χ1) is 10.7. The number of rotatable bonds is 0. The van der Waals surface area contributed by atoms with E-state index in [9.17, 15) is 0 Å². The van der Waals surface area contributed by atoms with Gasteiger partial charge >= 0.3 is 0 Å². The van der Waals surface area contributed by atoms with Gasteiger partial charge in [-0.3, -0.25) is 0 Å². The van der Waals surface area contributed by atoms with Gasteiger partial charge in [0.2, 0.25) is 0 Å². The van der Waals surface area contributed by atoms with Gasteiger partial charge in [-0.15, -0.1) is 24.8 Å². The first-order valence-electron chi connectivity index (χ1n) is 10.2. The predicted molar refractivity (Wildman–Crippen MR) is 105 cm³/mol. The lowest BCUT2D eigenvalue weighted by molar-refractivity contribution is 0.0340. The lowest BCUT2D eigenvalue weighted by atomic mass is 9.58. The molecule has 6 atom stereocenters. The molecule has 6 fully saturated rings. The molecule has 2 spiro atoms. The van der Waals surface area contributed by atoms with E-state index in [1.165, 1.54) is 77.0 Å². The summed E-state index contributed by atoms with van der Waals surface area (Å²) in [6.45, 7) is 0. The first kappa shape index (κ1) is 19.3. The minimum atomic E-state index is 0. The van der Waals surface area contributed by atoms with Crippen molar-refractivity contribution < 1.29 is 0 Å². The highest BCUT2D eigenvalue weighted by molar-refractivity contribution is 5.85. The molecule has 0 aromatic heterocycles. The Hall–Kier alpha value is 0.500. The fourth-order valence-electron chi connectivity index (χ4n) is 7.87. The molecule has 0 aromatic rings. The molecular formula is C20H36Cl2N2. The molecule has 24 heavy (non-hydrogen) atoms. The maximum atomic E-state index is 6.26. The lowest BCUT2D eigenvalue weighted by Crippen LogP contribution is -2.50. The molecule has 4 bridgehead atoms. The van der Waals surface area contributed by atoms with Gasteiger partial charge in [0.05, 0.1) is 0 Å². The summed E-state index contributed by atoms with van der Waals surface area (Å²) in [6, 6.07) is 1.19. The predicted octanol–water partition coefficient (Wildman–Crippen LogP) is 4.67. The number of hydrogen-bond acceptors (Lipinski definition) is 2. The fourth-order valence-corrected chi connectivity index (χ4v) is 7.87. The van der Waals surface area contributed by atoms with E-state index in [2.05, 4.69) is 0 Å². The quantitative estimate of drug-likeness (QED) is 0.646. The van der Waals surface area contributed by atoms with Gasteiger partial charge in [-0.1, -0.05) is 12.8 Å². The summed E-state index contributed by atoms with van der Waals surface area (Å²) in [7, 11) is 0. The largest absolute Gasteiger partial charge is 0.327 e. The average molecular weight is 375 g/mol. The molecule has 0 unspecified atom stereocenters. The van der Waals surface area contributed by atoms with Crippen molar-refractivity contribution in [3.05, 3.63) is 0 Å². The van der Waals surface area contributed by atoms with Crippen molar-refractivity contribution in [1.29, 1.82) is 0 Å². The van der Waals surface area contributed by atoms with Crippen LogP contribution in [0.1, 0.15) is 77.0 Å². The normalized spacial score (nSPS) is 47.2. The van der Waals surface area contributed by atoms with Crippen molar-refractivity contribution in [1.82, 2.24) is 0 Å². The standard InChI is InChI=1S/2C10H17N.2ClH/c2*11-9-7-2-3-8(6-7)10(9)4-1-5-10;;/h2*7-9H,1-6,11H2;2*1H/t2*7-,8+,9-;;/m10../s1. The second-order valence-electron chi connectivity index (χ2n) is 9.77. The third-order valence-corrected chi connectivity index (χ3v) is 9.48. The van der Waals surface area contributed by atoms with Crippen LogP contribution in [-0.4, -0.2) is 12.1 Å². The van der Waals surface area contributed by atoms with E-state index in [0.29, 0.717) is 22.9 Å². The highest BCUT2D eigenvalue weighted by Crippen LogP contribution is 2.64. The zero-order valence-corrected chi connectivity index (χ0v) is 16.6. The molecule has 4 N–H and O–H groups in total. The summed E-state index contributed by atoms with van der Waals surface area (Å²) in [5, 5.41) is 0. The van der Waals surface area contributed by atoms with Crippen LogP contribution in [-0.2, 0) is 0 Å². The summed E-state index contributed by atoms with van der Waals surface area (Å²) >= 11 is 0. The number of halogens is 2. The number of nitrogens with two attached hydrogens (primary N) is 2. The van der Waals surface area contributed by atoms with Gasteiger partial charge in [0.1, 0.15) is 0 Å².